The summed E-state index contributed by atoms with van der Waals surface area (Å²) in [5.74, 6) is -1.06. The molecule has 3 unspecified atom stereocenters. The van der Waals surface area contributed by atoms with Crippen molar-refractivity contribution in [2.75, 3.05) is 6.54 Å². The second kappa shape index (κ2) is 4.95. The molecule has 2 aromatic rings. The van der Waals surface area contributed by atoms with Crippen LogP contribution in [0.5, 0.6) is 0 Å². The van der Waals surface area contributed by atoms with Gasteiger partial charge in [-0.3, -0.25) is 9.78 Å². The van der Waals surface area contributed by atoms with E-state index in [1.807, 2.05) is 0 Å². The van der Waals surface area contributed by atoms with Crippen LogP contribution in [0.3, 0.4) is 0 Å². The van der Waals surface area contributed by atoms with Gasteiger partial charge in [0.05, 0.1) is 0 Å². The number of halogens is 3. The summed E-state index contributed by atoms with van der Waals surface area (Å²) in [5.41, 5.74) is 0.0726. The Labute approximate surface area is 129 Å². The first-order valence-electron chi connectivity index (χ1n) is 7.41. The number of hydrogen-bond donors (Lipinski definition) is 2. The number of fused-ring (bicyclic) bond motifs is 3. The van der Waals surface area contributed by atoms with Gasteiger partial charge in [0.1, 0.15) is 11.3 Å². The first kappa shape index (κ1) is 14.5. The molecule has 2 aliphatic rings. The van der Waals surface area contributed by atoms with E-state index >= 15 is 0 Å². The van der Waals surface area contributed by atoms with Gasteiger partial charge in [0.25, 0.3) is 5.91 Å². The first-order valence-corrected chi connectivity index (χ1v) is 7.41. The van der Waals surface area contributed by atoms with Crippen molar-refractivity contribution in [2.24, 2.45) is 5.92 Å². The lowest BCUT2D eigenvalue weighted by Crippen LogP contribution is -2.44. The molecule has 1 aliphatic heterocycles. The van der Waals surface area contributed by atoms with E-state index < -0.39 is 11.9 Å². The number of amides is 1. The van der Waals surface area contributed by atoms with E-state index in [4.69, 9.17) is 4.42 Å². The number of rotatable bonds is 2. The first-order chi connectivity index (χ1) is 10.9. The van der Waals surface area contributed by atoms with Gasteiger partial charge in [-0.2, -0.15) is 13.2 Å². The minimum Gasteiger partial charge on any atom is -0.451 e. The summed E-state index contributed by atoms with van der Waals surface area (Å²) in [6.07, 6.45) is -1.41. The van der Waals surface area contributed by atoms with Gasteiger partial charge in [-0.1, -0.05) is 0 Å². The molecule has 8 heteroatoms. The van der Waals surface area contributed by atoms with E-state index in [-0.39, 0.29) is 28.6 Å². The summed E-state index contributed by atoms with van der Waals surface area (Å²) in [4.78, 5) is 16.2. The second-order valence-electron chi connectivity index (χ2n) is 6.13. The standard InChI is InChI=1S/C15H14F3N3O2/c16-15(17,18)13-2-8-6-20-11(4-12(8)23-13)14(22)21-10-3-9-1-7(10)5-19-9/h2,4,6-7,9-10,19H,1,3,5H2,(H,21,22). The molecule has 1 amide bonds. The van der Waals surface area contributed by atoms with Crippen molar-refractivity contribution in [1.29, 1.82) is 0 Å². The molecule has 0 spiro atoms. The minimum absolute atomic E-state index is 0.00656. The largest absolute Gasteiger partial charge is 0.451 e. The second-order valence-corrected chi connectivity index (χ2v) is 6.13. The number of carbonyl (C=O) groups is 1. The fourth-order valence-electron chi connectivity index (χ4n) is 3.45. The molecule has 23 heavy (non-hydrogen) atoms. The monoisotopic (exact) mass is 325 g/mol. The Bertz CT molecular complexity index is 771. The van der Waals surface area contributed by atoms with Crippen LogP contribution in [0.25, 0.3) is 11.0 Å². The Hall–Kier alpha value is -2.09. The van der Waals surface area contributed by atoms with Gasteiger partial charge in [-0.15, -0.1) is 0 Å². The molecule has 3 heterocycles. The van der Waals surface area contributed by atoms with Crippen LogP contribution in [0.15, 0.2) is 22.7 Å². The highest BCUT2D eigenvalue weighted by atomic mass is 19.4. The van der Waals surface area contributed by atoms with Gasteiger partial charge >= 0.3 is 6.18 Å². The summed E-state index contributed by atoms with van der Waals surface area (Å²) in [5, 5.41) is 6.49. The minimum atomic E-state index is -4.56. The van der Waals surface area contributed by atoms with E-state index in [1.54, 1.807) is 0 Å². The normalized spacial score (nSPS) is 26.8. The van der Waals surface area contributed by atoms with Crippen molar-refractivity contribution in [1.82, 2.24) is 15.6 Å². The molecule has 1 aliphatic carbocycles. The third-order valence-corrected chi connectivity index (χ3v) is 4.59. The van der Waals surface area contributed by atoms with Crippen LogP contribution in [0.1, 0.15) is 29.1 Å². The SMILES string of the molecule is O=C(NC1CC2CC1CN2)c1cc2oc(C(F)(F)F)cc2cn1. The number of furan rings is 1. The van der Waals surface area contributed by atoms with Crippen molar-refractivity contribution in [3.8, 4) is 0 Å². The highest BCUT2D eigenvalue weighted by Crippen LogP contribution is 2.34. The van der Waals surface area contributed by atoms with Gasteiger partial charge in [-0.05, 0) is 24.8 Å². The predicted molar refractivity (Wildman–Crippen MR) is 74.8 cm³/mol. The summed E-state index contributed by atoms with van der Waals surface area (Å²) >= 11 is 0. The maximum Gasteiger partial charge on any atom is 0.449 e. The highest BCUT2D eigenvalue weighted by Gasteiger charge is 2.40. The Balaban J connectivity index is 1.55. The van der Waals surface area contributed by atoms with Gasteiger partial charge < -0.3 is 15.1 Å². The fourth-order valence-corrected chi connectivity index (χ4v) is 3.45. The van der Waals surface area contributed by atoms with Crippen molar-refractivity contribution in [3.63, 3.8) is 0 Å². The Morgan fingerprint density at radius 1 is 1.35 bits per heavy atom. The molecule has 0 aromatic carbocycles. The topological polar surface area (TPSA) is 67.2 Å². The Morgan fingerprint density at radius 3 is 2.83 bits per heavy atom. The maximum atomic E-state index is 12.6. The summed E-state index contributed by atoms with van der Waals surface area (Å²) in [7, 11) is 0. The number of nitrogens with zero attached hydrogens (tertiary/aromatic N) is 1. The van der Waals surface area contributed by atoms with Crippen LogP contribution in [0.2, 0.25) is 0 Å². The number of pyridine rings is 1. The lowest BCUT2D eigenvalue weighted by atomic mass is 10.0. The molecule has 2 N–H and O–H groups in total. The molecule has 1 saturated carbocycles. The summed E-state index contributed by atoms with van der Waals surface area (Å²) in [6, 6.07) is 2.67. The van der Waals surface area contributed by atoms with Gasteiger partial charge in [-0.25, -0.2) is 0 Å². The average Bonchev–Trinajstić information content (AvgIpc) is 3.20. The lowest BCUT2D eigenvalue weighted by molar-refractivity contribution is -0.152. The van der Waals surface area contributed by atoms with E-state index in [2.05, 4.69) is 15.6 Å². The molecule has 122 valence electrons. The Morgan fingerprint density at radius 2 is 2.17 bits per heavy atom. The quantitative estimate of drug-likeness (QED) is 0.889. The van der Waals surface area contributed by atoms with Crippen molar-refractivity contribution >= 4 is 16.9 Å². The molecular formula is C15H14F3N3O2. The van der Waals surface area contributed by atoms with Crippen LogP contribution >= 0.6 is 0 Å². The number of nitrogens with one attached hydrogen (secondary N) is 2. The molecule has 2 aromatic heterocycles. The molecule has 5 nitrogen and oxygen atoms in total. The number of aromatic nitrogens is 1. The molecule has 4 rings (SSSR count). The zero-order chi connectivity index (χ0) is 16.2. The number of alkyl halides is 3. The van der Waals surface area contributed by atoms with E-state index in [0.29, 0.717) is 12.0 Å². The van der Waals surface area contributed by atoms with Gasteiger partial charge in [0.15, 0.2) is 0 Å². The van der Waals surface area contributed by atoms with Crippen LogP contribution < -0.4 is 10.6 Å². The van der Waals surface area contributed by atoms with Crippen molar-refractivity contribution in [2.45, 2.75) is 31.1 Å². The molecular weight excluding hydrogens is 311 g/mol. The van der Waals surface area contributed by atoms with E-state index in [9.17, 15) is 18.0 Å². The Kier molecular flexibility index (Phi) is 3.12. The van der Waals surface area contributed by atoms with E-state index in [0.717, 1.165) is 25.5 Å². The zero-order valence-electron chi connectivity index (χ0n) is 12.0. The van der Waals surface area contributed by atoms with Gasteiger partial charge in [0, 0.05) is 36.3 Å². The third-order valence-electron chi connectivity index (χ3n) is 4.59. The van der Waals surface area contributed by atoms with Crippen molar-refractivity contribution < 1.29 is 22.4 Å². The third kappa shape index (κ3) is 2.56. The van der Waals surface area contributed by atoms with Crippen molar-refractivity contribution in [3.05, 3.63) is 29.8 Å². The average molecular weight is 325 g/mol. The number of piperidine rings is 1. The van der Waals surface area contributed by atoms with Gasteiger partial charge in [0.2, 0.25) is 5.76 Å². The van der Waals surface area contributed by atoms with Crippen LogP contribution in [0.4, 0.5) is 13.2 Å². The molecule has 2 fully saturated rings. The zero-order valence-corrected chi connectivity index (χ0v) is 12.0. The smallest absolute Gasteiger partial charge is 0.449 e. The number of hydrogen-bond acceptors (Lipinski definition) is 4. The van der Waals surface area contributed by atoms with Crippen LogP contribution in [0, 0.1) is 5.92 Å². The van der Waals surface area contributed by atoms with Crippen LogP contribution in [-0.4, -0.2) is 29.5 Å². The molecule has 0 radical (unpaired) electrons. The fraction of sp³-hybridized carbons (Fsp3) is 0.467. The molecule has 1 saturated heterocycles. The van der Waals surface area contributed by atoms with Crippen LogP contribution in [-0.2, 0) is 6.18 Å². The summed E-state index contributed by atoms with van der Waals surface area (Å²) in [6.45, 7) is 0.884. The highest BCUT2D eigenvalue weighted by molar-refractivity contribution is 5.95. The maximum absolute atomic E-state index is 12.6. The lowest BCUT2D eigenvalue weighted by Gasteiger charge is -2.23. The summed E-state index contributed by atoms with van der Waals surface area (Å²) < 4.78 is 42.7. The molecule has 3 atom stereocenters. The predicted octanol–water partition coefficient (Wildman–Crippen LogP) is 2.33. The number of carbonyl (C=O) groups excluding carboxylic acids is 1. The van der Waals surface area contributed by atoms with E-state index in [1.165, 1.54) is 12.3 Å². The molecule has 2 bridgehead atoms.